The Morgan fingerprint density at radius 1 is 1.30 bits per heavy atom. The summed E-state index contributed by atoms with van der Waals surface area (Å²) in [4.78, 5) is 12.0. The van der Waals surface area contributed by atoms with E-state index in [-0.39, 0.29) is 35.9 Å². The number of hydrogen-bond acceptors (Lipinski definition) is 3. The van der Waals surface area contributed by atoms with E-state index in [9.17, 15) is 18.0 Å². The number of ether oxygens (including phenoxy) is 1. The highest BCUT2D eigenvalue weighted by atomic mass is 35.5. The average Bonchev–Trinajstić information content (AvgIpc) is 3.22. The number of amides is 1. The van der Waals surface area contributed by atoms with Gasteiger partial charge in [-0.3, -0.25) is 4.79 Å². The van der Waals surface area contributed by atoms with Crippen molar-refractivity contribution in [2.45, 2.75) is 25.1 Å². The maximum absolute atomic E-state index is 12.4. The van der Waals surface area contributed by atoms with E-state index in [2.05, 4.69) is 15.4 Å². The van der Waals surface area contributed by atoms with Gasteiger partial charge in [0.05, 0.1) is 0 Å². The molecule has 1 saturated carbocycles. The minimum absolute atomic E-state index is 0. The number of halogens is 4. The molecule has 1 fully saturated rings. The first kappa shape index (κ1) is 19.6. The molecule has 1 amide bonds. The van der Waals surface area contributed by atoms with Crippen molar-refractivity contribution in [1.29, 1.82) is 0 Å². The van der Waals surface area contributed by atoms with Gasteiger partial charge in [-0.15, -0.1) is 25.6 Å². The van der Waals surface area contributed by atoms with Crippen LogP contribution in [0.25, 0.3) is 0 Å². The largest absolute Gasteiger partial charge is 0.573 e. The average molecular weight is 353 g/mol. The SMILES string of the molecule is CNCCCNC(=O)C1CC1c1ccccc1OC(F)(F)F.Cl. The molecule has 0 heterocycles. The van der Waals surface area contributed by atoms with Crippen LogP contribution >= 0.6 is 12.4 Å². The van der Waals surface area contributed by atoms with Crippen molar-refractivity contribution in [2.24, 2.45) is 5.92 Å². The number of carbonyl (C=O) groups is 1. The Morgan fingerprint density at radius 2 is 2.00 bits per heavy atom. The van der Waals surface area contributed by atoms with E-state index in [0.29, 0.717) is 18.5 Å². The van der Waals surface area contributed by atoms with Gasteiger partial charge in [-0.05, 0) is 44.0 Å². The number of hydrogen-bond donors (Lipinski definition) is 2. The van der Waals surface area contributed by atoms with Gasteiger partial charge in [0.25, 0.3) is 0 Å². The Kier molecular flexibility index (Phi) is 7.15. The summed E-state index contributed by atoms with van der Waals surface area (Å²) >= 11 is 0. The van der Waals surface area contributed by atoms with E-state index in [0.717, 1.165) is 13.0 Å². The van der Waals surface area contributed by atoms with Crippen LogP contribution in [-0.4, -0.2) is 32.4 Å². The quantitative estimate of drug-likeness (QED) is 0.742. The van der Waals surface area contributed by atoms with Gasteiger partial charge in [-0.2, -0.15) is 0 Å². The summed E-state index contributed by atoms with van der Waals surface area (Å²) in [5.41, 5.74) is 0.440. The molecule has 0 spiro atoms. The van der Waals surface area contributed by atoms with Gasteiger partial charge < -0.3 is 15.4 Å². The van der Waals surface area contributed by atoms with Gasteiger partial charge in [0.1, 0.15) is 5.75 Å². The van der Waals surface area contributed by atoms with E-state index >= 15 is 0 Å². The first-order valence-corrected chi connectivity index (χ1v) is 7.19. The third-order valence-corrected chi connectivity index (χ3v) is 3.57. The number of carbonyl (C=O) groups excluding carboxylic acids is 1. The Labute approximate surface area is 139 Å². The lowest BCUT2D eigenvalue weighted by molar-refractivity contribution is -0.274. The van der Waals surface area contributed by atoms with Crippen LogP contribution in [0.15, 0.2) is 24.3 Å². The third-order valence-electron chi connectivity index (χ3n) is 3.57. The topological polar surface area (TPSA) is 50.4 Å². The zero-order chi connectivity index (χ0) is 16.2. The van der Waals surface area contributed by atoms with E-state index < -0.39 is 6.36 Å². The van der Waals surface area contributed by atoms with Gasteiger partial charge in [0.2, 0.25) is 5.91 Å². The van der Waals surface area contributed by atoms with E-state index in [1.54, 1.807) is 12.1 Å². The summed E-state index contributed by atoms with van der Waals surface area (Å²) in [7, 11) is 1.83. The molecule has 0 aliphatic heterocycles. The fourth-order valence-corrected chi connectivity index (χ4v) is 2.44. The number of rotatable bonds is 7. The minimum atomic E-state index is -4.73. The van der Waals surface area contributed by atoms with Crippen molar-refractivity contribution >= 4 is 18.3 Å². The summed E-state index contributed by atoms with van der Waals surface area (Å²) in [5.74, 6) is -0.802. The summed E-state index contributed by atoms with van der Waals surface area (Å²) in [5, 5.41) is 5.78. The number of alkyl halides is 3. The summed E-state index contributed by atoms with van der Waals surface area (Å²) in [6.45, 7) is 1.36. The van der Waals surface area contributed by atoms with E-state index in [1.165, 1.54) is 12.1 Å². The number of nitrogens with one attached hydrogen (secondary N) is 2. The molecule has 23 heavy (non-hydrogen) atoms. The second-order valence-electron chi connectivity index (χ2n) is 5.28. The lowest BCUT2D eigenvalue weighted by Gasteiger charge is -2.13. The zero-order valence-electron chi connectivity index (χ0n) is 12.7. The van der Waals surface area contributed by atoms with Crippen LogP contribution in [0.5, 0.6) is 5.75 Å². The molecular formula is C15H20ClF3N2O2. The van der Waals surface area contributed by atoms with Crippen molar-refractivity contribution in [1.82, 2.24) is 10.6 Å². The predicted molar refractivity (Wildman–Crippen MR) is 82.8 cm³/mol. The monoisotopic (exact) mass is 352 g/mol. The van der Waals surface area contributed by atoms with Crippen molar-refractivity contribution < 1.29 is 22.7 Å². The van der Waals surface area contributed by atoms with Crippen molar-refractivity contribution in [3.05, 3.63) is 29.8 Å². The Morgan fingerprint density at radius 3 is 2.65 bits per heavy atom. The summed E-state index contributed by atoms with van der Waals surface area (Å²) in [6.07, 6.45) is -3.36. The molecule has 2 rings (SSSR count). The first-order chi connectivity index (χ1) is 10.4. The molecule has 1 aliphatic carbocycles. The molecular weight excluding hydrogens is 333 g/mol. The highest BCUT2D eigenvalue weighted by Crippen LogP contribution is 2.50. The molecule has 4 nitrogen and oxygen atoms in total. The molecule has 0 saturated heterocycles. The van der Waals surface area contributed by atoms with Crippen LogP contribution in [0.3, 0.4) is 0 Å². The minimum Gasteiger partial charge on any atom is -0.405 e. The van der Waals surface area contributed by atoms with Crippen LogP contribution < -0.4 is 15.4 Å². The van der Waals surface area contributed by atoms with Crippen molar-refractivity contribution in [3.8, 4) is 5.75 Å². The van der Waals surface area contributed by atoms with Crippen molar-refractivity contribution in [2.75, 3.05) is 20.1 Å². The molecule has 130 valence electrons. The molecule has 2 N–H and O–H groups in total. The number of benzene rings is 1. The van der Waals surface area contributed by atoms with Crippen LogP contribution in [0.2, 0.25) is 0 Å². The van der Waals surface area contributed by atoms with Crippen LogP contribution in [0.1, 0.15) is 24.3 Å². The standard InChI is InChI=1S/C15H19F3N2O2.ClH/c1-19-7-4-8-20-14(21)12-9-11(12)10-5-2-3-6-13(10)22-15(16,17)18;/h2-3,5-6,11-12,19H,4,7-9H2,1H3,(H,20,21);1H. The highest BCUT2D eigenvalue weighted by molar-refractivity contribution is 5.85. The second-order valence-corrected chi connectivity index (χ2v) is 5.28. The molecule has 8 heteroatoms. The first-order valence-electron chi connectivity index (χ1n) is 7.19. The molecule has 0 radical (unpaired) electrons. The third kappa shape index (κ3) is 5.91. The van der Waals surface area contributed by atoms with Crippen LogP contribution in [0.4, 0.5) is 13.2 Å². The predicted octanol–water partition coefficient (Wildman–Crippen LogP) is 2.84. The van der Waals surface area contributed by atoms with Crippen LogP contribution in [-0.2, 0) is 4.79 Å². The fraction of sp³-hybridized carbons (Fsp3) is 0.533. The Bertz CT molecular complexity index is 526. The van der Waals surface area contributed by atoms with Gasteiger partial charge in [0, 0.05) is 12.5 Å². The second kappa shape index (κ2) is 8.40. The maximum atomic E-state index is 12.4. The number of para-hydroxylation sites is 1. The molecule has 2 unspecified atom stereocenters. The fourth-order valence-electron chi connectivity index (χ4n) is 2.44. The molecule has 0 aromatic heterocycles. The molecule has 1 aliphatic rings. The lowest BCUT2D eigenvalue weighted by atomic mass is 10.1. The van der Waals surface area contributed by atoms with Gasteiger partial charge in [0.15, 0.2) is 0 Å². The van der Waals surface area contributed by atoms with E-state index in [1.807, 2.05) is 7.05 Å². The Hall–Kier alpha value is -1.47. The summed E-state index contributed by atoms with van der Waals surface area (Å²) in [6, 6.07) is 6.00. The van der Waals surface area contributed by atoms with Gasteiger partial charge in [-0.1, -0.05) is 18.2 Å². The van der Waals surface area contributed by atoms with Gasteiger partial charge >= 0.3 is 6.36 Å². The van der Waals surface area contributed by atoms with Crippen molar-refractivity contribution in [3.63, 3.8) is 0 Å². The van der Waals surface area contributed by atoms with Crippen LogP contribution in [0, 0.1) is 5.92 Å². The molecule has 1 aromatic carbocycles. The maximum Gasteiger partial charge on any atom is 0.573 e. The van der Waals surface area contributed by atoms with E-state index in [4.69, 9.17) is 0 Å². The smallest absolute Gasteiger partial charge is 0.405 e. The summed E-state index contributed by atoms with van der Waals surface area (Å²) < 4.78 is 41.2. The molecule has 2 atom stereocenters. The molecule has 1 aromatic rings. The van der Waals surface area contributed by atoms with Gasteiger partial charge in [-0.25, -0.2) is 0 Å². The normalized spacial score (nSPS) is 19.7. The molecule has 0 bridgehead atoms. The highest BCUT2D eigenvalue weighted by Gasteiger charge is 2.46. The zero-order valence-corrected chi connectivity index (χ0v) is 13.5. The lowest BCUT2D eigenvalue weighted by Crippen LogP contribution is -2.28. The Balaban J connectivity index is 0.00000264.